The van der Waals surface area contributed by atoms with Crippen molar-refractivity contribution in [2.75, 3.05) is 46.3 Å². The largest absolute Gasteiger partial charge is 0.343 e. The lowest BCUT2D eigenvalue weighted by Crippen LogP contribution is -2.57. The normalized spacial score (nSPS) is 29.0. The number of piperazine rings is 1. The van der Waals surface area contributed by atoms with Gasteiger partial charge in [-0.15, -0.1) is 0 Å². The number of hydrogen-bond acceptors (Lipinski definition) is 3. The summed E-state index contributed by atoms with van der Waals surface area (Å²) in [5.41, 5.74) is 0. The van der Waals surface area contributed by atoms with Crippen molar-refractivity contribution >= 4 is 11.9 Å². The molecule has 0 aromatic carbocycles. The molecule has 1 unspecified atom stereocenters. The van der Waals surface area contributed by atoms with E-state index in [1.165, 1.54) is 0 Å². The van der Waals surface area contributed by atoms with Gasteiger partial charge in [-0.3, -0.25) is 9.69 Å². The molecule has 6 heteroatoms. The van der Waals surface area contributed by atoms with Crippen LogP contribution in [-0.4, -0.2) is 89.9 Å². The molecule has 0 N–H and O–H groups in total. The summed E-state index contributed by atoms with van der Waals surface area (Å²) in [5.74, 6) is 0.191. The summed E-state index contributed by atoms with van der Waals surface area (Å²) in [6.45, 7) is 7.07. The quantitative estimate of drug-likeness (QED) is 0.682. The highest BCUT2D eigenvalue weighted by atomic mass is 16.2. The molecule has 3 rings (SSSR count). The molecular formula is C14H24N4O2. The molecule has 3 saturated heterocycles. The van der Waals surface area contributed by atoms with E-state index in [9.17, 15) is 9.59 Å². The Balaban J connectivity index is 1.56. The molecule has 1 atom stereocenters. The fourth-order valence-electron chi connectivity index (χ4n) is 3.78. The standard InChI is InChI=1S/C14H24N4O2/c1-11(19)16-5-3-12(4-6-16)17-7-8-18-13(10-17)9-15(2)14(18)20/h12-13H,3-10H2,1-2H3. The number of fused-ring (bicyclic) bond motifs is 1. The van der Waals surface area contributed by atoms with Gasteiger partial charge < -0.3 is 14.7 Å². The van der Waals surface area contributed by atoms with Gasteiger partial charge in [0.05, 0.1) is 6.04 Å². The Hall–Kier alpha value is -1.30. The highest BCUT2D eigenvalue weighted by Gasteiger charge is 2.40. The molecular weight excluding hydrogens is 256 g/mol. The van der Waals surface area contributed by atoms with Gasteiger partial charge in [-0.2, -0.15) is 0 Å². The summed E-state index contributed by atoms with van der Waals surface area (Å²) in [4.78, 5) is 31.6. The van der Waals surface area contributed by atoms with Crippen LogP contribution >= 0.6 is 0 Å². The predicted octanol–water partition coefficient (Wildman–Crippen LogP) is 0.0489. The minimum atomic E-state index is 0.182. The maximum Gasteiger partial charge on any atom is 0.320 e. The van der Waals surface area contributed by atoms with Crippen LogP contribution in [0, 0.1) is 0 Å². The summed E-state index contributed by atoms with van der Waals surface area (Å²) in [5, 5.41) is 0. The fraction of sp³-hybridized carbons (Fsp3) is 0.857. The van der Waals surface area contributed by atoms with Crippen LogP contribution in [0.25, 0.3) is 0 Å². The van der Waals surface area contributed by atoms with Crippen LogP contribution in [-0.2, 0) is 4.79 Å². The zero-order valence-corrected chi connectivity index (χ0v) is 12.4. The van der Waals surface area contributed by atoms with Gasteiger partial charge in [0.15, 0.2) is 0 Å². The third kappa shape index (κ3) is 2.37. The number of likely N-dealkylation sites (N-methyl/N-ethyl adjacent to an activating group) is 1. The minimum absolute atomic E-state index is 0.182. The first-order valence-corrected chi connectivity index (χ1v) is 7.57. The van der Waals surface area contributed by atoms with Gasteiger partial charge in [0.25, 0.3) is 0 Å². The number of piperidine rings is 1. The van der Waals surface area contributed by atoms with Crippen molar-refractivity contribution in [3.8, 4) is 0 Å². The summed E-state index contributed by atoms with van der Waals surface area (Å²) >= 11 is 0. The van der Waals surface area contributed by atoms with Crippen molar-refractivity contribution < 1.29 is 9.59 Å². The second-order valence-electron chi connectivity index (χ2n) is 6.24. The van der Waals surface area contributed by atoms with E-state index in [1.54, 1.807) is 6.92 Å². The van der Waals surface area contributed by atoms with Crippen LogP contribution in [0.3, 0.4) is 0 Å². The second-order valence-corrected chi connectivity index (χ2v) is 6.24. The van der Waals surface area contributed by atoms with Crippen LogP contribution in [0.4, 0.5) is 4.79 Å². The number of rotatable bonds is 1. The van der Waals surface area contributed by atoms with Crippen LogP contribution < -0.4 is 0 Å². The average molecular weight is 280 g/mol. The first kappa shape index (κ1) is 13.7. The highest BCUT2D eigenvalue weighted by Crippen LogP contribution is 2.24. The van der Waals surface area contributed by atoms with E-state index in [0.717, 1.165) is 52.1 Å². The third-order valence-electron chi connectivity index (χ3n) is 5.00. The molecule has 3 aliphatic heterocycles. The average Bonchev–Trinajstić information content (AvgIpc) is 2.74. The lowest BCUT2D eigenvalue weighted by molar-refractivity contribution is -0.130. The van der Waals surface area contributed by atoms with E-state index in [4.69, 9.17) is 0 Å². The number of urea groups is 1. The molecule has 0 aromatic rings. The maximum absolute atomic E-state index is 11.9. The van der Waals surface area contributed by atoms with Gasteiger partial charge in [-0.1, -0.05) is 0 Å². The molecule has 3 amide bonds. The van der Waals surface area contributed by atoms with Crippen molar-refractivity contribution in [1.82, 2.24) is 19.6 Å². The van der Waals surface area contributed by atoms with E-state index in [2.05, 4.69) is 4.90 Å². The number of nitrogens with zero attached hydrogens (tertiary/aromatic N) is 4. The summed E-state index contributed by atoms with van der Waals surface area (Å²) < 4.78 is 0. The lowest BCUT2D eigenvalue weighted by atomic mass is 10.0. The van der Waals surface area contributed by atoms with Crippen LogP contribution in [0.5, 0.6) is 0 Å². The molecule has 6 nitrogen and oxygen atoms in total. The van der Waals surface area contributed by atoms with Gasteiger partial charge in [0, 0.05) is 59.3 Å². The molecule has 3 fully saturated rings. The first-order valence-electron chi connectivity index (χ1n) is 7.57. The van der Waals surface area contributed by atoms with Crippen molar-refractivity contribution in [3.63, 3.8) is 0 Å². The lowest BCUT2D eigenvalue weighted by Gasteiger charge is -2.43. The van der Waals surface area contributed by atoms with Gasteiger partial charge in [-0.05, 0) is 12.8 Å². The SMILES string of the molecule is CC(=O)N1CCC(N2CCN3C(=O)N(C)CC3C2)CC1. The smallest absolute Gasteiger partial charge is 0.320 e. The Labute approximate surface area is 120 Å². The maximum atomic E-state index is 11.9. The van der Waals surface area contributed by atoms with Gasteiger partial charge in [0.2, 0.25) is 5.91 Å². The minimum Gasteiger partial charge on any atom is -0.343 e. The molecule has 0 spiro atoms. The van der Waals surface area contributed by atoms with Gasteiger partial charge in [0.1, 0.15) is 0 Å². The highest BCUT2D eigenvalue weighted by molar-refractivity contribution is 5.77. The number of carbonyl (C=O) groups excluding carboxylic acids is 2. The van der Waals surface area contributed by atoms with E-state index in [1.807, 2.05) is 21.7 Å². The van der Waals surface area contributed by atoms with Crippen LogP contribution in [0.1, 0.15) is 19.8 Å². The zero-order valence-electron chi connectivity index (χ0n) is 12.4. The van der Waals surface area contributed by atoms with Crippen molar-refractivity contribution in [3.05, 3.63) is 0 Å². The Morgan fingerprint density at radius 1 is 1.05 bits per heavy atom. The van der Waals surface area contributed by atoms with Crippen LogP contribution in [0.2, 0.25) is 0 Å². The molecule has 3 aliphatic rings. The third-order valence-corrected chi connectivity index (χ3v) is 5.00. The number of carbonyl (C=O) groups is 2. The van der Waals surface area contributed by atoms with E-state index < -0.39 is 0 Å². The molecule has 3 heterocycles. The second kappa shape index (κ2) is 5.24. The van der Waals surface area contributed by atoms with E-state index >= 15 is 0 Å². The molecule has 0 saturated carbocycles. The fourth-order valence-corrected chi connectivity index (χ4v) is 3.78. The summed E-state index contributed by atoms with van der Waals surface area (Å²) in [7, 11) is 1.89. The number of likely N-dealkylation sites (tertiary alicyclic amines) is 1. The van der Waals surface area contributed by atoms with E-state index in [0.29, 0.717) is 12.1 Å². The van der Waals surface area contributed by atoms with Gasteiger partial charge in [-0.25, -0.2) is 4.79 Å². The topological polar surface area (TPSA) is 47.1 Å². The Morgan fingerprint density at radius 3 is 2.40 bits per heavy atom. The van der Waals surface area contributed by atoms with Gasteiger partial charge >= 0.3 is 6.03 Å². The van der Waals surface area contributed by atoms with Crippen LogP contribution in [0.15, 0.2) is 0 Å². The van der Waals surface area contributed by atoms with Crippen molar-refractivity contribution in [1.29, 1.82) is 0 Å². The summed E-state index contributed by atoms with van der Waals surface area (Å²) in [6, 6.07) is 1.11. The Bertz CT molecular complexity index is 406. The summed E-state index contributed by atoms with van der Waals surface area (Å²) in [6.07, 6.45) is 2.13. The molecule has 0 aromatic heterocycles. The molecule has 0 bridgehead atoms. The molecule has 20 heavy (non-hydrogen) atoms. The molecule has 112 valence electrons. The van der Waals surface area contributed by atoms with Crippen molar-refractivity contribution in [2.24, 2.45) is 0 Å². The number of hydrogen-bond donors (Lipinski definition) is 0. The first-order chi connectivity index (χ1) is 9.56. The Kier molecular flexibility index (Phi) is 3.58. The molecule has 0 aliphatic carbocycles. The van der Waals surface area contributed by atoms with E-state index in [-0.39, 0.29) is 11.9 Å². The van der Waals surface area contributed by atoms with Crippen molar-refractivity contribution in [2.45, 2.75) is 31.8 Å². The molecule has 0 radical (unpaired) electrons. The number of amides is 3. The monoisotopic (exact) mass is 280 g/mol. The zero-order chi connectivity index (χ0) is 14.3. The predicted molar refractivity (Wildman–Crippen MR) is 75.4 cm³/mol. The Morgan fingerprint density at radius 2 is 1.75 bits per heavy atom.